The topological polar surface area (TPSA) is 101 Å². The van der Waals surface area contributed by atoms with Gasteiger partial charge in [0.05, 0.1) is 0 Å². The fraction of sp³-hybridized carbons (Fsp3) is 0.190. The van der Waals surface area contributed by atoms with Crippen LogP contribution in [0.2, 0.25) is 0 Å². The average Bonchev–Trinajstić information content (AvgIpc) is 3.33. The number of hydrogen-bond acceptors (Lipinski definition) is 7. The van der Waals surface area contributed by atoms with E-state index in [2.05, 4.69) is 29.7 Å². The normalized spacial score (nSPS) is 17.2. The number of hydrogen-bond donors (Lipinski definition) is 3. The Bertz CT molecular complexity index is 1090. The highest BCUT2D eigenvalue weighted by Gasteiger charge is 2.21. The molecule has 0 aliphatic carbocycles. The number of aromatic hydroxyl groups is 2. The number of anilines is 2. The van der Waals surface area contributed by atoms with Gasteiger partial charge in [0.2, 0.25) is 11.8 Å². The van der Waals surface area contributed by atoms with Crippen LogP contribution in [0.4, 0.5) is 17.5 Å². The number of H-pyrrole nitrogens is 1. The number of imidazole rings is 1. The molecule has 146 valence electrons. The van der Waals surface area contributed by atoms with Crippen LogP contribution in [-0.4, -0.2) is 57.6 Å². The van der Waals surface area contributed by atoms with E-state index in [4.69, 9.17) is 0 Å². The third-order valence-electron chi connectivity index (χ3n) is 5.22. The van der Waals surface area contributed by atoms with Crippen molar-refractivity contribution in [2.45, 2.75) is 0 Å². The summed E-state index contributed by atoms with van der Waals surface area (Å²) in [6.45, 7) is 3.21. The van der Waals surface area contributed by atoms with Crippen LogP contribution in [0.3, 0.4) is 0 Å². The lowest BCUT2D eigenvalue weighted by Gasteiger charge is -2.35. The summed E-state index contributed by atoms with van der Waals surface area (Å²) in [7, 11) is 0. The number of nitrogens with one attached hydrogen (secondary N) is 1. The van der Waals surface area contributed by atoms with Crippen LogP contribution in [0.25, 0.3) is 11.6 Å². The van der Waals surface area contributed by atoms with E-state index in [1.807, 2.05) is 30.3 Å². The molecule has 2 aromatic heterocycles. The van der Waals surface area contributed by atoms with E-state index in [-0.39, 0.29) is 11.6 Å². The van der Waals surface area contributed by atoms with Gasteiger partial charge in [0.1, 0.15) is 11.4 Å². The Balaban J connectivity index is 1.31. The zero-order valence-electron chi connectivity index (χ0n) is 15.7. The third-order valence-corrected chi connectivity index (χ3v) is 5.22. The minimum Gasteiger partial charge on any atom is -0.508 e. The fourth-order valence-electron chi connectivity index (χ4n) is 3.65. The number of nitrogens with zero attached hydrogens (tertiary/aromatic N) is 5. The Morgan fingerprint density at radius 1 is 0.966 bits per heavy atom. The van der Waals surface area contributed by atoms with E-state index < -0.39 is 0 Å². The molecular weight excluding hydrogens is 368 g/mol. The smallest absolute Gasteiger partial charge is 0.238 e. The van der Waals surface area contributed by atoms with Crippen LogP contribution in [0.1, 0.15) is 11.3 Å². The lowest BCUT2D eigenvalue weighted by molar-refractivity contribution is 0.455. The Kier molecular flexibility index (Phi) is 4.16. The van der Waals surface area contributed by atoms with E-state index in [0.717, 1.165) is 43.0 Å². The average molecular weight is 388 g/mol. The number of aromatic amines is 1. The molecule has 4 heterocycles. The molecule has 0 spiro atoms. The molecule has 0 saturated carbocycles. The van der Waals surface area contributed by atoms with Gasteiger partial charge in [-0.3, -0.25) is 0 Å². The molecule has 8 nitrogen and oxygen atoms in total. The van der Waals surface area contributed by atoms with Gasteiger partial charge in [-0.1, -0.05) is 0 Å². The maximum Gasteiger partial charge on any atom is 0.238 e. The van der Waals surface area contributed by atoms with Crippen LogP contribution in [0.5, 0.6) is 11.6 Å². The first kappa shape index (κ1) is 17.3. The molecule has 0 atom stereocenters. The maximum atomic E-state index is 10.3. The first-order valence-electron chi connectivity index (χ1n) is 9.46. The van der Waals surface area contributed by atoms with Crippen molar-refractivity contribution in [2.75, 3.05) is 36.0 Å². The number of rotatable bonds is 3. The van der Waals surface area contributed by atoms with Gasteiger partial charge >= 0.3 is 0 Å². The second-order valence-corrected chi connectivity index (χ2v) is 7.02. The van der Waals surface area contributed by atoms with Gasteiger partial charge in [-0.25, -0.2) is 9.98 Å². The molecule has 0 bridgehead atoms. The van der Waals surface area contributed by atoms with Gasteiger partial charge in [0.15, 0.2) is 5.82 Å². The summed E-state index contributed by atoms with van der Waals surface area (Å²) in [6.07, 6.45) is 5.30. The Morgan fingerprint density at radius 2 is 1.72 bits per heavy atom. The first-order valence-corrected chi connectivity index (χ1v) is 9.46. The van der Waals surface area contributed by atoms with Crippen LogP contribution in [0.15, 0.2) is 47.6 Å². The number of allylic oxidation sites excluding steroid dienone is 1. The molecule has 1 fully saturated rings. The number of fused-ring (bicyclic) bond motifs is 1. The molecule has 5 rings (SSSR count). The number of aliphatic imine (C=N–C) groups is 1. The van der Waals surface area contributed by atoms with Crippen molar-refractivity contribution in [1.82, 2.24) is 15.0 Å². The Hall–Kier alpha value is -3.81. The monoisotopic (exact) mass is 388 g/mol. The van der Waals surface area contributed by atoms with Crippen molar-refractivity contribution < 1.29 is 10.2 Å². The van der Waals surface area contributed by atoms with Gasteiger partial charge in [0, 0.05) is 55.4 Å². The number of pyridine rings is 1. The second-order valence-electron chi connectivity index (χ2n) is 7.02. The zero-order valence-corrected chi connectivity index (χ0v) is 15.7. The molecule has 3 aromatic rings. The van der Waals surface area contributed by atoms with Crippen molar-refractivity contribution in [3.05, 3.63) is 53.9 Å². The summed E-state index contributed by atoms with van der Waals surface area (Å²) in [5.74, 6) is 1.58. The molecule has 0 radical (unpaired) electrons. The van der Waals surface area contributed by atoms with Crippen molar-refractivity contribution in [3.63, 3.8) is 0 Å². The Morgan fingerprint density at radius 3 is 2.52 bits per heavy atom. The maximum absolute atomic E-state index is 10.3. The van der Waals surface area contributed by atoms with Gasteiger partial charge in [-0.15, -0.1) is 0 Å². The second kappa shape index (κ2) is 6.97. The molecule has 8 heteroatoms. The summed E-state index contributed by atoms with van der Waals surface area (Å²) in [5.41, 5.74) is 3.46. The lowest BCUT2D eigenvalue weighted by atomic mass is 10.1. The molecule has 3 N–H and O–H groups in total. The lowest BCUT2D eigenvalue weighted by Crippen LogP contribution is -2.46. The first-order chi connectivity index (χ1) is 14.2. The highest BCUT2D eigenvalue weighted by atomic mass is 16.3. The van der Waals surface area contributed by atoms with Crippen molar-refractivity contribution >= 4 is 35.3 Å². The SMILES string of the molecule is Oc1ccc(N2CCN(c3nc(O)c(C=C4C=Nc5ncccc54)[nH]3)CC2)cc1. The minimum absolute atomic E-state index is 0.0285. The molecule has 2 aliphatic rings. The number of phenolic OH excluding ortho intramolecular Hbond substituents is 1. The third kappa shape index (κ3) is 3.29. The predicted molar refractivity (Wildman–Crippen MR) is 113 cm³/mol. The van der Waals surface area contributed by atoms with Gasteiger partial charge in [0.25, 0.3) is 0 Å². The summed E-state index contributed by atoms with van der Waals surface area (Å²) >= 11 is 0. The largest absolute Gasteiger partial charge is 0.508 e. The van der Waals surface area contributed by atoms with Gasteiger partial charge < -0.3 is 25.0 Å². The van der Waals surface area contributed by atoms with E-state index in [9.17, 15) is 10.2 Å². The molecule has 0 amide bonds. The Labute approximate surface area is 167 Å². The van der Waals surface area contributed by atoms with Crippen molar-refractivity contribution in [1.29, 1.82) is 0 Å². The quantitative estimate of drug-likeness (QED) is 0.638. The van der Waals surface area contributed by atoms with E-state index in [1.54, 1.807) is 24.5 Å². The highest BCUT2D eigenvalue weighted by molar-refractivity contribution is 6.20. The summed E-state index contributed by atoms with van der Waals surface area (Å²) in [5, 5.41) is 19.8. The van der Waals surface area contributed by atoms with Gasteiger partial charge in [-0.2, -0.15) is 4.98 Å². The van der Waals surface area contributed by atoms with Gasteiger partial charge in [-0.05, 0) is 42.5 Å². The number of phenols is 1. The van der Waals surface area contributed by atoms with E-state index >= 15 is 0 Å². The van der Waals surface area contributed by atoms with Crippen molar-refractivity contribution in [2.24, 2.45) is 4.99 Å². The van der Waals surface area contributed by atoms with E-state index in [1.165, 1.54) is 0 Å². The zero-order chi connectivity index (χ0) is 19.8. The summed E-state index contributed by atoms with van der Waals surface area (Å²) in [4.78, 5) is 20.5. The fourth-order valence-corrected chi connectivity index (χ4v) is 3.65. The molecule has 1 aromatic carbocycles. The summed E-state index contributed by atoms with van der Waals surface area (Å²) in [6, 6.07) is 11.1. The molecule has 29 heavy (non-hydrogen) atoms. The highest BCUT2D eigenvalue weighted by Crippen LogP contribution is 2.32. The van der Waals surface area contributed by atoms with Crippen LogP contribution >= 0.6 is 0 Å². The van der Waals surface area contributed by atoms with Crippen LogP contribution < -0.4 is 9.80 Å². The van der Waals surface area contributed by atoms with Crippen LogP contribution in [-0.2, 0) is 0 Å². The number of piperazine rings is 1. The number of benzene rings is 1. The van der Waals surface area contributed by atoms with Crippen LogP contribution in [0, 0.1) is 0 Å². The molecule has 0 unspecified atom stereocenters. The molecule has 2 aliphatic heterocycles. The van der Waals surface area contributed by atoms with E-state index in [0.29, 0.717) is 17.5 Å². The molecule has 1 saturated heterocycles. The van der Waals surface area contributed by atoms with Crippen molar-refractivity contribution in [3.8, 4) is 11.6 Å². The number of aromatic nitrogens is 3. The summed E-state index contributed by atoms with van der Waals surface area (Å²) < 4.78 is 0. The standard InChI is InChI=1S/C21H20N6O2/c28-16-5-3-15(4-6-16)26-8-10-27(11-9-26)21-24-18(20(29)25-21)12-14-13-23-19-17(14)2-1-7-22-19/h1-7,12-13,28-29H,8-11H2,(H,24,25). The predicted octanol–water partition coefficient (Wildman–Crippen LogP) is 2.80. The minimum atomic E-state index is -0.0285. The molecular formula is C21H20N6O2.